The molecule has 0 aliphatic heterocycles. The van der Waals surface area contributed by atoms with Gasteiger partial charge in [0.2, 0.25) is 11.8 Å². The van der Waals surface area contributed by atoms with Crippen LogP contribution in [0.25, 0.3) is 33.8 Å². The summed E-state index contributed by atoms with van der Waals surface area (Å²) in [6.07, 6.45) is 3.38. The van der Waals surface area contributed by atoms with Crippen LogP contribution in [0.5, 0.6) is 11.5 Å². The summed E-state index contributed by atoms with van der Waals surface area (Å²) >= 11 is 6.00. The predicted octanol–water partition coefficient (Wildman–Crippen LogP) is 5.94. The number of aromatic amines is 1. The lowest BCUT2D eigenvalue weighted by Gasteiger charge is -2.10. The topological polar surface area (TPSA) is 130 Å². The molecule has 206 valence electrons. The largest absolute Gasteiger partial charge is 0.506 e. The summed E-state index contributed by atoms with van der Waals surface area (Å²) in [7, 11) is 1.53. The molecule has 2 heterocycles. The summed E-state index contributed by atoms with van der Waals surface area (Å²) in [5, 5.41) is 13.3. The molecule has 0 radical (unpaired) electrons. The first-order chi connectivity index (χ1) is 19.7. The normalized spacial score (nSPS) is 11.4. The number of H-pyrrole nitrogens is 1. The summed E-state index contributed by atoms with van der Waals surface area (Å²) in [6, 6.07) is 19.4. The van der Waals surface area contributed by atoms with Gasteiger partial charge < -0.3 is 25.9 Å². The van der Waals surface area contributed by atoms with Gasteiger partial charge in [0.1, 0.15) is 28.8 Å². The van der Waals surface area contributed by atoms with Gasteiger partial charge in [-0.2, -0.15) is 0 Å². The van der Waals surface area contributed by atoms with Gasteiger partial charge in [0.05, 0.1) is 18.6 Å². The van der Waals surface area contributed by atoms with E-state index in [1.807, 2.05) is 12.1 Å². The van der Waals surface area contributed by atoms with Crippen molar-refractivity contribution in [2.45, 2.75) is 6.42 Å². The molecule has 10 heteroatoms. The molecule has 0 aliphatic carbocycles. The number of aromatic nitrogens is 2. The van der Waals surface area contributed by atoms with E-state index in [0.29, 0.717) is 39.3 Å². The highest BCUT2D eigenvalue weighted by Crippen LogP contribution is 2.31. The maximum Gasteiger partial charge on any atom is 0.249 e. The van der Waals surface area contributed by atoms with Gasteiger partial charge in [0.15, 0.2) is 0 Å². The lowest BCUT2D eigenvalue weighted by molar-refractivity contribution is -0.115. The molecule has 0 saturated heterocycles. The van der Waals surface area contributed by atoms with E-state index < -0.39 is 5.91 Å². The number of amides is 2. The van der Waals surface area contributed by atoms with Gasteiger partial charge in [-0.1, -0.05) is 41.9 Å². The fourth-order valence-electron chi connectivity index (χ4n) is 4.42. The molecule has 0 fully saturated rings. The first-order valence-electron chi connectivity index (χ1n) is 12.4. The Morgan fingerprint density at radius 3 is 2.59 bits per heavy atom. The van der Waals surface area contributed by atoms with Crippen LogP contribution >= 0.6 is 11.6 Å². The van der Waals surface area contributed by atoms with Crippen LogP contribution in [0.15, 0.2) is 79.0 Å². The number of pyridine rings is 1. The Hall–Kier alpha value is -5.15. The van der Waals surface area contributed by atoms with Crippen LogP contribution in [0.4, 0.5) is 10.2 Å². The molecule has 5 rings (SSSR count). The van der Waals surface area contributed by atoms with Crippen molar-refractivity contribution in [2.24, 2.45) is 5.73 Å². The molecular weight excluding hydrogens is 547 g/mol. The van der Waals surface area contributed by atoms with Crippen molar-refractivity contribution in [1.29, 1.82) is 0 Å². The smallest absolute Gasteiger partial charge is 0.249 e. The fourth-order valence-corrected chi connectivity index (χ4v) is 4.60. The third kappa shape index (κ3) is 6.05. The second-order valence-electron chi connectivity index (χ2n) is 9.19. The van der Waals surface area contributed by atoms with Gasteiger partial charge in [-0.3, -0.25) is 9.59 Å². The molecule has 5 N–H and O–H groups in total. The SMILES string of the molecule is COc1ccc(F)cc1-c1ccc(CC(=O)Nc2ccc3c(/C=C(\C(N)=O)c4ccc(O)c(Cl)c4)c[nH]c3n2)cc1. The zero-order valence-electron chi connectivity index (χ0n) is 21.7. The van der Waals surface area contributed by atoms with Crippen molar-refractivity contribution in [3.8, 4) is 22.6 Å². The maximum atomic E-state index is 13.8. The number of primary amides is 1. The number of nitrogens with zero attached hydrogens (tertiary/aromatic N) is 1. The van der Waals surface area contributed by atoms with Crippen LogP contribution < -0.4 is 15.8 Å². The van der Waals surface area contributed by atoms with Crippen LogP contribution in [0, 0.1) is 5.82 Å². The Bertz CT molecular complexity index is 1820. The molecule has 2 amide bonds. The van der Waals surface area contributed by atoms with Gasteiger partial charge in [-0.15, -0.1) is 0 Å². The number of phenolic OH excluding ortho intramolecular Hbond substituents is 1. The number of nitrogens with one attached hydrogen (secondary N) is 2. The van der Waals surface area contributed by atoms with Gasteiger partial charge in [-0.05, 0) is 65.2 Å². The molecule has 8 nitrogen and oxygen atoms in total. The van der Waals surface area contributed by atoms with E-state index in [-0.39, 0.29) is 34.5 Å². The molecule has 0 aliphatic rings. The maximum absolute atomic E-state index is 13.8. The Balaban J connectivity index is 1.30. The van der Waals surface area contributed by atoms with Crippen molar-refractivity contribution >= 4 is 51.9 Å². The van der Waals surface area contributed by atoms with E-state index in [2.05, 4.69) is 15.3 Å². The Kier molecular flexibility index (Phi) is 7.71. The third-order valence-corrected chi connectivity index (χ3v) is 6.76. The number of phenols is 1. The average Bonchev–Trinajstić information content (AvgIpc) is 3.35. The minimum absolute atomic E-state index is 0.0957. The lowest BCUT2D eigenvalue weighted by atomic mass is 10.0. The van der Waals surface area contributed by atoms with Crippen molar-refractivity contribution in [3.63, 3.8) is 0 Å². The minimum atomic E-state index is -0.666. The number of hydrogen-bond acceptors (Lipinski definition) is 5. The molecule has 0 unspecified atom stereocenters. The molecule has 0 atom stereocenters. The van der Waals surface area contributed by atoms with Crippen LogP contribution in [0.2, 0.25) is 5.02 Å². The molecule has 2 aromatic heterocycles. The number of rotatable bonds is 8. The number of benzene rings is 3. The first-order valence-corrected chi connectivity index (χ1v) is 12.8. The molecular formula is C31H24ClFN4O4. The number of fused-ring (bicyclic) bond motifs is 1. The van der Waals surface area contributed by atoms with E-state index in [0.717, 1.165) is 11.1 Å². The van der Waals surface area contributed by atoms with Crippen LogP contribution in [0.1, 0.15) is 16.7 Å². The fraction of sp³-hybridized carbons (Fsp3) is 0.0645. The molecule has 0 bridgehead atoms. The predicted molar refractivity (Wildman–Crippen MR) is 157 cm³/mol. The van der Waals surface area contributed by atoms with E-state index in [4.69, 9.17) is 22.1 Å². The molecule has 0 spiro atoms. The van der Waals surface area contributed by atoms with E-state index >= 15 is 0 Å². The number of carbonyl (C=O) groups excluding carboxylic acids is 2. The standard InChI is InChI=1S/C31H24ClFN4O4/c1-41-27-10-7-21(33)15-23(27)18-4-2-17(3-5-18)12-29(39)36-28-11-8-22-20(16-35-31(22)37-28)13-24(30(34)40)19-6-9-26(38)25(32)14-19/h2-11,13-16,38H,12H2,1H3,(H2,34,40)(H2,35,36,37,39)/b24-13-. The van der Waals surface area contributed by atoms with Gasteiger partial charge >= 0.3 is 0 Å². The van der Waals surface area contributed by atoms with Crippen molar-refractivity contribution in [1.82, 2.24) is 9.97 Å². The summed E-state index contributed by atoms with van der Waals surface area (Å²) < 4.78 is 19.1. The third-order valence-electron chi connectivity index (χ3n) is 6.45. The number of methoxy groups -OCH3 is 1. The second kappa shape index (κ2) is 11.5. The molecule has 41 heavy (non-hydrogen) atoms. The van der Waals surface area contributed by atoms with Crippen LogP contribution in [-0.4, -0.2) is 34.0 Å². The number of carbonyl (C=O) groups is 2. The van der Waals surface area contributed by atoms with E-state index in [9.17, 15) is 19.1 Å². The number of ether oxygens (including phenoxy) is 1. The lowest BCUT2D eigenvalue weighted by Crippen LogP contribution is -2.15. The zero-order valence-corrected chi connectivity index (χ0v) is 22.5. The van der Waals surface area contributed by atoms with Crippen molar-refractivity contribution in [2.75, 3.05) is 12.4 Å². The Morgan fingerprint density at radius 1 is 1.10 bits per heavy atom. The van der Waals surface area contributed by atoms with Gasteiger partial charge in [0.25, 0.3) is 0 Å². The number of nitrogens with two attached hydrogens (primary N) is 1. The monoisotopic (exact) mass is 570 g/mol. The quantitative estimate of drug-likeness (QED) is 0.171. The van der Waals surface area contributed by atoms with E-state index in [1.54, 1.807) is 48.7 Å². The zero-order chi connectivity index (χ0) is 29.1. The first kappa shape index (κ1) is 27.4. The van der Waals surface area contributed by atoms with E-state index in [1.165, 1.54) is 31.4 Å². The summed E-state index contributed by atoms with van der Waals surface area (Å²) in [5.41, 5.74) is 9.56. The highest BCUT2D eigenvalue weighted by molar-refractivity contribution is 6.33. The van der Waals surface area contributed by atoms with Crippen LogP contribution in [-0.2, 0) is 16.0 Å². The number of aromatic hydroxyl groups is 1. The second-order valence-corrected chi connectivity index (χ2v) is 9.60. The number of hydrogen-bond donors (Lipinski definition) is 4. The summed E-state index contributed by atoms with van der Waals surface area (Å²) in [6.45, 7) is 0. The number of anilines is 1. The van der Waals surface area contributed by atoms with Gasteiger partial charge in [0, 0.05) is 28.3 Å². The molecule has 5 aromatic rings. The average molecular weight is 571 g/mol. The highest BCUT2D eigenvalue weighted by atomic mass is 35.5. The van der Waals surface area contributed by atoms with Crippen molar-refractivity contribution < 1.29 is 23.8 Å². The molecule has 3 aromatic carbocycles. The summed E-state index contributed by atoms with van der Waals surface area (Å²) in [5.74, 6) is -0.500. The Labute approximate surface area is 239 Å². The minimum Gasteiger partial charge on any atom is -0.506 e. The van der Waals surface area contributed by atoms with Gasteiger partial charge in [-0.25, -0.2) is 9.37 Å². The molecule has 0 saturated carbocycles. The van der Waals surface area contributed by atoms with Crippen LogP contribution in [0.3, 0.4) is 0 Å². The van der Waals surface area contributed by atoms with Crippen molar-refractivity contribution in [3.05, 3.63) is 107 Å². The summed E-state index contributed by atoms with van der Waals surface area (Å²) in [4.78, 5) is 32.4. The highest BCUT2D eigenvalue weighted by Gasteiger charge is 2.14. The number of halogens is 2. The Morgan fingerprint density at radius 2 is 1.88 bits per heavy atom.